The van der Waals surface area contributed by atoms with E-state index in [1.165, 1.54) is 12.8 Å². The number of hydrogen-bond donors (Lipinski definition) is 0. The van der Waals surface area contributed by atoms with Gasteiger partial charge in [0.1, 0.15) is 0 Å². The molecule has 0 spiro atoms. The van der Waals surface area contributed by atoms with Gasteiger partial charge in [0, 0.05) is 5.25 Å². The van der Waals surface area contributed by atoms with Crippen LogP contribution in [0.15, 0.2) is 11.0 Å². The zero-order chi connectivity index (χ0) is 6.69. The molecule has 1 unspecified atom stereocenters. The fourth-order valence-electron chi connectivity index (χ4n) is 0.936. The minimum Gasteiger partial charge on any atom is -0.0816 e. The molecule has 1 rings (SSSR count). The van der Waals surface area contributed by atoms with Crippen molar-refractivity contribution in [3.05, 3.63) is 11.0 Å². The summed E-state index contributed by atoms with van der Waals surface area (Å²) in [6.45, 7) is 4.49. The second-order valence-corrected chi connectivity index (χ2v) is 4.48. The molecule has 9 heavy (non-hydrogen) atoms. The van der Waals surface area contributed by atoms with E-state index in [1.54, 1.807) is 5.57 Å². The molecule has 52 valence electrons. The maximum Gasteiger partial charge on any atom is 0.0369 e. The highest BCUT2D eigenvalue weighted by atomic mass is 33.1. The fraction of sp³-hybridized carbons (Fsp3) is 0.714. The Kier molecular flexibility index (Phi) is 2.99. The lowest BCUT2D eigenvalue weighted by molar-refractivity contribution is 0.886. The molecule has 0 aromatic rings. The Morgan fingerprint density at radius 2 is 2.33 bits per heavy atom. The second-order valence-electron chi connectivity index (χ2n) is 2.14. The second kappa shape index (κ2) is 3.57. The maximum absolute atomic E-state index is 2.30. The summed E-state index contributed by atoms with van der Waals surface area (Å²) in [7, 11) is 3.89. The maximum atomic E-state index is 2.30. The Hall–Kier alpha value is 0.440. The highest BCUT2D eigenvalue weighted by Gasteiger charge is 2.16. The summed E-state index contributed by atoms with van der Waals surface area (Å²) in [4.78, 5) is 0. The molecular weight excluding hydrogens is 148 g/mol. The van der Waals surface area contributed by atoms with Gasteiger partial charge in [-0.25, -0.2) is 0 Å². The Morgan fingerprint density at radius 1 is 1.56 bits per heavy atom. The van der Waals surface area contributed by atoms with Crippen molar-refractivity contribution in [2.24, 2.45) is 0 Å². The van der Waals surface area contributed by atoms with E-state index in [-0.39, 0.29) is 0 Å². The van der Waals surface area contributed by atoms with Crippen LogP contribution in [0.4, 0.5) is 0 Å². The monoisotopic (exact) mass is 160 g/mol. The van der Waals surface area contributed by atoms with E-state index in [0.29, 0.717) is 0 Å². The van der Waals surface area contributed by atoms with Crippen molar-refractivity contribution < 1.29 is 0 Å². The highest BCUT2D eigenvalue weighted by Crippen LogP contribution is 2.42. The van der Waals surface area contributed by atoms with Crippen LogP contribution in [0.5, 0.6) is 0 Å². The largest absolute Gasteiger partial charge is 0.0816 e. The number of rotatable bonds is 2. The average Bonchev–Trinajstić information content (AvgIpc) is 2.33. The Bertz CT molecular complexity index is 118. The van der Waals surface area contributed by atoms with E-state index < -0.39 is 0 Å². The van der Waals surface area contributed by atoms with E-state index in [9.17, 15) is 0 Å². The molecule has 0 fully saturated rings. The van der Waals surface area contributed by atoms with Crippen molar-refractivity contribution in [2.75, 3.05) is 0 Å². The molecule has 1 aliphatic rings. The molecule has 1 atom stereocenters. The average molecular weight is 160 g/mol. The standard InChI is InChI=1S/C7H12S2/c1-3-6-5-8-9-7(6)4-2/h5,7H,3-4H2,1-2H3. The summed E-state index contributed by atoms with van der Waals surface area (Å²) in [6.07, 6.45) is 2.52. The first-order valence-corrected chi connectivity index (χ1v) is 5.67. The van der Waals surface area contributed by atoms with Crippen LogP contribution in [-0.4, -0.2) is 5.25 Å². The molecule has 0 aromatic carbocycles. The van der Waals surface area contributed by atoms with Crippen LogP contribution in [0, 0.1) is 0 Å². The molecule has 2 heteroatoms. The zero-order valence-electron chi connectivity index (χ0n) is 5.89. The first-order valence-electron chi connectivity index (χ1n) is 3.39. The van der Waals surface area contributed by atoms with E-state index in [2.05, 4.69) is 19.3 Å². The lowest BCUT2D eigenvalue weighted by Gasteiger charge is -2.06. The third-order valence-electron chi connectivity index (χ3n) is 1.56. The van der Waals surface area contributed by atoms with E-state index >= 15 is 0 Å². The quantitative estimate of drug-likeness (QED) is 0.567. The zero-order valence-corrected chi connectivity index (χ0v) is 7.52. The minimum atomic E-state index is 0.819. The van der Waals surface area contributed by atoms with Crippen LogP contribution in [0.1, 0.15) is 26.7 Å². The predicted molar refractivity (Wildman–Crippen MR) is 47.6 cm³/mol. The first-order chi connectivity index (χ1) is 4.38. The van der Waals surface area contributed by atoms with Gasteiger partial charge in [0.05, 0.1) is 0 Å². The van der Waals surface area contributed by atoms with Gasteiger partial charge in [-0.2, -0.15) is 0 Å². The topological polar surface area (TPSA) is 0 Å². The van der Waals surface area contributed by atoms with Crippen molar-refractivity contribution in [1.82, 2.24) is 0 Å². The smallest absolute Gasteiger partial charge is 0.0369 e. The van der Waals surface area contributed by atoms with Crippen molar-refractivity contribution in [2.45, 2.75) is 31.9 Å². The van der Waals surface area contributed by atoms with Gasteiger partial charge in [-0.05, 0) is 23.8 Å². The lowest BCUT2D eigenvalue weighted by atomic mass is 10.1. The summed E-state index contributed by atoms with van der Waals surface area (Å²) in [5.41, 5.74) is 1.63. The highest BCUT2D eigenvalue weighted by molar-refractivity contribution is 8.78. The normalized spacial score (nSPS) is 26.4. The molecule has 0 aliphatic carbocycles. The Morgan fingerprint density at radius 3 is 2.78 bits per heavy atom. The predicted octanol–water partition coefficient (Wildman–Crippen LogP) is 3.45. The van der Waals surface area contributed by atoms with Crippen molar-refractivity contribution in [3.8, 4) is 0 Å². The molecule has 0 radical (unpaired) electrons. The van der Waals surface area contributed by atoms with Gasteiger partial charge in [-0.15, -0.1) is 0 Å². The third-order valence-corrected chi connectivity index (χ3v) is 4.26. The van der Waals surface area contributed by atoms with Gasteiger partial charge < -0.3 is 0 Å². The van der Waals surface area contributed by atoms with Crippen molar-refractivity contribution >= 4 is 21.6 Å². The fourth-order valence-corrected chi connectivity index (χ4v) is 3.88. The molecule has 0 saturated carbocycles. The lowest BCUT2D eigenvalue weighted by Crippen LogP contribution is -1.98. The molecule has 0 amide bonds. The van der Waals surface area contributed by atoms with Crippen molar-refractivity contribution in [1.29, 1.82) is 0 Å². The van der Waals surface area contributed by atoms with E-state index in [0.717, 1.165) is 5.25 Å². The van der Waals surface area contributed by atoms with Crippen LogP contribution in [0.25, 0.3) is 0 Å². The molecule has 0 bridgehead atoms. The summed E-state index contributed by atoms with van der Waals surface area (Å²) < 4.78 is 0. The van der Waals surface area contributed by atoms with Gasteiger partial charge in [0.2, 0.25) is 0 Å². The minimum absolute atomic E-state index is 0.819. The van der Waals surface area contributed by atoms with Gasteiger partial charge in [-0.3, -0.25) is 0 Å². The van der Waals surface area contributed by atoms with Crippen LogP contribution in [0.3, 0.4) is 0 Å². The third kappa shape index (κ3) is 1.68. The van der Waals surface area contributed by atoms with Crippen LogP contribution >= 0.6 is 21.6 Å². The summed E-state index contributed by atoms with van der Waals surface area (Å²) in [5, 5.41) is 3.12. The summed E-state index contributed by atoms with van der Waals surface area (Å²) >= 11 is 0. The molecule has 1 aliphatic heterocycles. The Labute approximate surface area is 64.9 Å². The summed E-state index contributed by atoms with van der Waals surface area (Å²) in [6, 6.07) is 0. The Balaban J connectivity index is 2.47. The van der Waals surface area contributed by atoms with Gasteiger partial charge in [-0.1, -0.05) is 35.4 Å². The summed E-state index contributed by atoms with van der Waals surface area (Å²) in [5.74, 6) is 0. The van der Waals surface area contributed by atoms with Crippen LogP contribution in [-0.2, 0) is 0 Å². The van der Waals surface area contributed by atoms with Gasteiger partial charge in [0.25, 0.3) is 0 Å². The molecule has 0 nitrogen and oxygen atoms in total. The van der Waals surface area contributed by atoms with Crippen LogP contribution in [0.2, 0.25) is 0 Å². The van der Waals surface area contributed by atoms with E-state index in [1.807, 2.05) is 21.6 Å². The molecule has 1 heterocycles. The molecule has 0 aromatic heterocycles. The van der Waals surface area contributed by atoms with E-state index in [4.69, 9.17) is 0 Å². The molecule has 0 N–H and O–H groups in total. The first kappa shape index (κ1) is 7.55. The van der Waals surface area contributed by atoms with Crippen molar-refractivity contribution in [3.63, 3.8) is 0 Å². The van der Waals surface area contributed by atoms with Crippen LogP contribution < -0.4 is 0 Å². The molecule has 0 saturated heterocycles. The molecular formula is C7H12S2. The SMILES string of the molecule is CCC1=CSSC1CC. The van der Waals surface area contributed by atoms with Gasteiger partial charge >= 0.3 is 0 Å². The number of hydrogen-bond acceptors (Lipinski definition) is 2. The van der Waals surface area contributed by atoms with Gasteiger partial charge in [0.15, 0.2) is 0 Å².